The Morgan fingerprint density at radius 1 is 1.24 bits per heavy atom. The highest BCUT2D eigenvalue weighted by Gasteiger charge is 2.27. The summed E-state index contributed by atoms with van der Waals surface area (Å²) in [6.07, 6.45) is -0.579. The summed E-state index contributed by atoms with van der Waals surface area (Å²) in [6, 6.07) is 3.47. The third kappa shape index (κ3) is 8.91. The summed E-state index contributed by atoms with van der Waals surface area (Å²) in [5.74, 6) is -0.913. The number of carbonyl (C=O) groups is 3. The lowest BCUT2D eigenvalue weighted by Crippen LogP contribution is -2.44. The Balaban J connectivity index is 1.75. The van der Waals surface area contributed by atoms with Crippen molar-refractivity contribution in [1.29, 1.82) is 0 Å². The van der Waals surface area contributed by atoms with Crippen molar-refractivity contribution in [3.8, 4) is 0 Å². The van der Waals surface area contributed by atoms with E-state index in [1.807, 2.05) is 0 Å². The number of H-pyrrole nitrogens is 1. The number of amides is 3. The van der Waals surface area contributed by atoms with Crippen LogP contribution in [0.5, 0.6) is 0 Å². The van der Waals surface area contributed by atoms with Crippen LogP contribution in [0.15, 0.2) is 47.7 Å². The van der Waals surface area contributed by atoms with Gasteiger partial charge in [0.25, 0.3) is 5.56 Å². The number of halogens is 3. The van der Waals surface area contributed by atoms with Crippen molar-refractivity contribution in [2.75, 3.05) is 26.5 Å². The van der Waals surface area contributed by atoms with Crippen LogP contribution in [0.2, 0.25) is 0 Å². The van der Waals surface area contributed by atoms with Crippen LogP contribution >= 0.6 is 0 Å². The summed E-state index contributed by atoms with van der Waals surface area (Å²) < 4.78 is 44.0. The Morgan fingerprint density at radius 2 is 2.00 bits per heavy atom. The third-order valence-corrected chi connectivity index (χ3v) is 5.93. The highest BCUT2D eigenvalue weighted by atomic mass is 19.4. The molecule has 0 spiro atoms. The predicted molar refractivity (Wildman–Crippen MR) is 143 cm³/mol. The molecule has 12 nitrogen and oxygen atoms in total. The Labute approximate surface area is 232 Å². The van der Waals surface area contributed by atoms with Gasteiger partial charge in [-0.25, -0.2) is 14.8 Å². The van der Waals surface area contributed by atoms with Gasteiger partial charge in [-0.3, -0.25) is 14.4 Å². The molecule has 41 heavy (non-hydrogen) atoms. The summed E-state index contributed by atoms with van der Waals surface area (Å²) >= 11 is 0. The molecule has 1 atom stereocenters. The maximum Gasteiger partial charge on any atom is 0.407 e. The number of rotatable bonds is 11. The summed E-state index contributed by atoms with van der Waals surface area (Å²) in [6.45, 7) is 0.00610. The molecule has 3 aromatic heterocycles. The van der Waals surface area contributed by atoms with Gasteiger partial charge in [0.1, 0.15) is 18.1 Å². The number of alkyl halides is 3. The van der Waals surface area contributed by atoms with E-state index >= 15 is 0 Å². The second kappa shape index (κ2) is 13.6. The number of pyridine rings is 1. The zero-order valence-corrected chi connectivity index (χ0v) is 22.6. The topological polar surface area (TPSA) is 151 Å². The second-order valence-electron chi connectivity index (χ2n) is 9.24. The molecule has 0 fully saturated rings. The number of aromatic amines is 1. The number of carbonyl (C=O) groups excluding carboxylic acids is 3. The van der Waals surface area contributed by atoms with E-state index in [0.29, 0.717) is 16.7 Å². The van der Waals surface area contributed by atoms with Crippen LogP contribution in [0.4, 0.5) is 23.7 Å². The lowest BCUT2D eigenvalue weighted by molar-refractivity contribution is -0.134. The van der Waals surface area contributed by atoms with Gasteiger partial charge in [-0.15, -0.1) is 0 Å². The second-order valence-corrected chi connectivity index (χ2v) is 9.24. The zero-order valence-electron chi connectivity index (χ0n) is 22.6. The van der Waals surface area contributed by atoms with Crippen LogP contribution in [0.3, 0.4) is 0 Å². The predicted octanol–water partition coefficient (Wildman–Crippen LogP) is 2.75. The highest BCUT2D eigenvalue weighted by Crippen LogP contribution is 2.24. The van der Waals surface area contributed by atoms with E-state index in [0.717, 1.165) is 7.11 Å². The quantitative estimate of drug-likeness (QED) is 0.297. The van der Waals surface area contributed by atoms with Gasteiger partial charge in [0.15, 0.2) is 0 Å². The van der Waals surface area contributed by atoms with Gasteiger partial charge in [-0.2, -0.15) is 13.2 Å². The Kier molecular flexibility index (Phi) is 10.2. The zero-order chi connectivity index (χ0) is 30.2. The number of ether oxygens (including phenoxy) is 1. The summed E-state index contributed by atoms with van der Waals surface area (Å²) in [5, 5.41) is 4.93. The van der Waals surface area contributed by atoms with Crippen LogP contribution in [0.1, 0.15) is 30.7 Å². The number of likely N-dealkylation sites (N-methyl/N-ethyl adjacent to an activating group) is 1. The lowest BCUT2D eigenvalue weighted by Gasteiger charge is -2.17. The largest absolute Gasteiger partial charge is 0.453 e. The van der Waals surface area contributed by atoms with E-state index in [1.54, 1.807) is 26.2 Å². The standard InChI is InChI=1S/C26H30F3N7O5/c1-35(2)21(37)9-5-4-7-18(34-25(40)41-3)23(38)33-19-8-6-12-36(24(19)39)14-16-13-20-22(32-16)17(30-15-31-20)10-11-26(27,28)29/h5-6,8-9,12-13,15,18,32H,4,7,10-11,14H2,1-3H3,(H,33,38)(H,34,40)/b9-5+/t18-/m0/s1. The fourth-order valence-electron chi connectivity index (χ4n) is 3.81. The molecule has 0 aliphatic carbocycles. The van der Waals surface area contributed by atoms with Crippen LogP contribution in [0.25, 0.3) is 11.0 Å². The van der Waals surface area contributed by atoms with E-state index in [1.165, 1.54) is 40.2 Å². The average Bonchev–Trinajstić information content (AvgIpc) is 3.33. The third-order valence-electron chi connectivity index (χ3n) is 5.93. The van der Waals surface area contributed by atoms with Crippen molar-refractivity contribution in [2.45, 2.75) is 44.4 Å². The smallest absolute Gasteiger partial charge is 0.407 e. The number of hydrogen-bond donors (Lipinski definition) is 3. The molecule has 0 unspecified atom stereocenters. The van der Waals surface area contributed by atoms with Gasteiger partial charge in [0.2, 0.25) is 11.8 Å². The fourth-order valence-corrected chi connectivity index (χ4v) is 3.81. The maximum atomic E-state index is 13.1. The molecule has 0 radical (unpaired) electrons. The number of allylic oxidation sites excluding steroid dienone is 1. The monoisotopic (exact) mass is 577 g/mol. The van der Waals surface area contributed by atoms with Crippen molar-refractivity contribution in [1.82, 2.24) is 29.7 Å². The summed E-state index contributed by atoms with van der Waals surface area (Å²) in [5.41, 5.74) is 0.830. The van der Waals surface area contributed by atoms with Crippen molar-refractivity contribution >= 4 is 34.6 Å². The minimum Gasteiger partial charge on any atom is -0.453 e. The molecular formula is C26H30F3N7O5. The minimum atomic E-state index is -4.34. The van der Waals surface area contributed by atoms with E-state index in [2.05, 4.69) is 30.3 Å². The van der Waals surface area contributed by atoms with E-state index in [9.17, 15) is 32.3 Å². The molecule has 0 aromatic carbocycles. The summed E-state index contributed by atoms with van der Waals surface area (Å²) in [7, 11) is 4.33. The Hall–Kier alpha value is -4.69. The van der Waals surface area contributed by atoms with Crippen LogP contribution in [-0.4, -0.2) is 75.7 Å². The van der Waals surface area contributed by atoms with Crippen molar-refractivity contribution in [3.05, 3.63) is 64.6 Å². The number of nitrogens with zero attached hydrogens (tertiary/aromatic N) is 4. The molecule has 3 N–H and O–H groups in total. The van der Waals surface area contributed by atoms with Crippen LogP contribution in [0, 0.1) is 0 Å². The molecule has 3 heterocycles. The first-order chi connectivity index (χ1) is 19.4. The van der Waals surface area contributed by atoms with Gasteiger partial charge >= 0.3 is 12.3 Å². The maximum absolute atomic E-state index is 13.1. The molecule has 220 valence electrons. The number of aryl methyl sites for hydroxylation is 1. The van der Waals surface area contributed by atoms with Gasteiger partial charge in [0, 0.05) is 38.8 Å². The molecule has 3 amide bonds. The normalized spacial score (nSPS) is 12.3. The molecule has 3 rings (SSSR count). The number of nitrogens with one attached hydrogen (secondary N) is 3. The Bertz CT molecular complexity index is 1480. The molecule has 0 saturated carbocycles. The highest BCUT2D eigenvalue weighted by molar-refractivity contribution is 5.96. The minimum absolute atomic E-state index is 0.00610. The van der Waals surface area contributed by atoms with Gasteiger partial charge < -0.3 is 29.8 Å². The van der Waals surface area contributed by atoms with Gasteiger partial charge in [0.05, 0.1) is 30.4 Å². The summed E-state index contributed by atoms with van der Waals surface area (Å²) in [4.78, 5) is 62.0. The lowest BCUT2D eigenvalue weighted by atomic mass is 10.1. The molecular weight excluding hydrogens is 547 g/mol. The number of hydrogen-bond acceptors (Lipinski definition) is 7. The van der Waals surface area contributed by atoms with E-state index in [4.69, 9.17) is 0 Å². The van der Waals surface area contributed by atoms with Crippen molar-refractivity contribution in [3.63, 3.8) is 0 Å². The molecule has 0 saturated heterocycles. The fraction of sp³-hybridized carbons (Fsp3) is 0.385. The van der Waals surface area contributed by atoms with Gasteiger partial charge in [-0.05, 0) is 37.1 Å². The molecule has 0 bridgehead atoms. The average molecular weight is 578 g/mol. The van der Waals surface area contributed by atoms with Crippen molar-refractivity contribution < 1.29 is 32.3 Å². The first-order valence-electron chi connectivity index (χ1n) is 12.5. The number of aromatic nitrogens is 4. The Morgan fingerprint density at radius 3 is 2.68 bits per heavy atom. The number of fused-ring (bicyclic) bond motifs is 1. The first kappa shape index (κ1) is 30.8. The molecule has 15 heteroatoms. The van der Waals surface area contributed by atoms with Crippen molar-refractivity contribution in [2.24, 2.45) is 0 Å². The first-order valence-corrected chi connectivity index (χ1v) is 12.5. The van der Waals surface area contributed by atoms with Gasteiger partial charge in [-0.1, -0.05) is 6.08 Å². The number of methoxy groups -OCH3 is 1. The van der Waals surface area contributed by atoms with E-state index < -0.39 is 36.2 Å². The van der Waals surface area contributed by atoms with E-state index in [-0.39, 0.29) is 43.1 Å². The van der Waals surface area contributed by atoms with Crippen LogP contribution in [-0.2, 0) is 27.3 Å². The van der Waals surface area contributed by atoms with Crippen LogP contribution < -0.4 is 16.2 Å². The number of anilines is 1. The SMILES string of the molecule is COC(=O)N[C@@H](CC/C=C/C(=O)N(C)C)C(=O)Nc1cccn(Cc2cc3ncnc(CCC(F)(F)F)c3[nH]2)c1=O. The number of alkyl carbamates (subject to hydrolysis) is 1. The molecule has 0 aliphatic heterocycles. The molecule has 0 aliphatic rings. The molecule has 3 aromatic rings.